The lowest BCUT2D eigenvalue weighted by Crippen LogP contribution is -2.58. The molecule has 0 bridgehead atoms. The molecule has 4 nitrogen and oxygen atoms in total. The summed E-state index contributed by atoms with van der Waals surface area (Å²) in [4.78, 5) is 28.4. The quantitative estimate of drug-likeness (QED) is 0.792. The lowest BCUT2D eigenvalue weighted by atomic mass is 9.87. The number of hydrogen-bond acceptors (Lipinski definition) is 2. The van der Waals surface area contributed by atoms with E-state index in [2.05, 4.69) is 6.67 Å². The van der Waals surface area contributed by atoms with Crippen LogP contribution in [0.15, 0.2) is 48.5 Å². The number of benzene rings is 2. The highest BCUT2D eigenvalue weighted by Gasteiger charge is 2.48. The fourth-order valence-corrected chi connectivity index (χ4v) is 2.58. The minimum absolute atomic E-state index is 0.278. The number of carbonyl (C=O) groups is 2. The van der Waals surface area contributed by atoms with E-state index in [1.54, 1.807) is 13.8 Å². The van der Waals surface area contributed by atoms with Gasteiger partial charge < -0.3 is 0 Å². The molecule has 1 saturated heterocycles. The second-order valence-corrected chi connectivity index (χ2v) is 6.68. The average Bonchev–Trinajstić information content (AvgIpc) is 2.56. The molecule has 0 saturated carbocycles. The second-order valence-electron chi connectivity index (χ2n) is 6.68. The van der Waals surface area contributed by atoms with Gasteiger partial charge in [-0.25, -0.2) is 0 Å². The van der Waals surface area contributed by atoms with E-state index in [4.69, 9.17) is 0 Å². The summed E-state index contributed by atoms with van der Waals surface area (Å²) < 4.78 is 0. The van der Waals surface area contributed by atoms with Crippen molar-refractivity contribution in [2.24, 2.45) is 5.41 Å². The van der Waals surface area contributed by atoms with Gasteiger partial charge in [0.15, 0.2) is 0 Å². The molecule has 2 amide bonds. The topological polar surface area (TPSA) is 40.6 Å². The molecule has 122 valence electrons. The Morgan fingerprint density at radius 1 is 0.708 bits per heavy atom. The van der Waals surface area contributed by atoms with E-state index in [1.165, 1.54) is 9.80 Å². The van der Waals surface area contributed by atoms with Crippen molar-refractivity contribution in [1.82, 2.24) is 0 Å². The molecule has 0 unspecified atom stereocenters. The molecule has 1 fully saturated rings. The normalized spacial score (nSPS) is 17.3. The molecule has 24 heavy (non-hydrogen) atoms. The monoisotopic (exact) mass is 320 g/mol. The highest BCUT2D eigenvalue weighted by molar-refractivity contribution is 6.20. The third-order valence-electron chi connectivity index (χ3n) is 4.26. The molecular formula is C20H20N2O2. The first kappa shape index (κ1) is 16.2. The van der Waals surface area contributed by atoms with Gasteiger partial charge in [-0.05, 0) is 52.0 Å². The van der Waals surface area contributed by atoms with E-state index in [1.807, 2.05) is 62.4 Å². The molecule has 0 spiro atoms. The van der Waals surface area contributed by atoms with Gasteiger partial charge in [-0.2, -0.15) is 0 Å². The predicted molar refractivity (Wildman–Crippen MR) is 94.4 cm³/mol. The van der Waals surface area contributed by atoms with Gasteiger partial charge in [-0.1, -0.05) is 35.4 Å². The maximum Gasteiger partial charge on any atom is 0.244 e. The summed E-state index contributed by atoms with van der Waals surface area (Å²) in [5.74, 6) is -0.556. The number of hydrogen-bond donors (Lipinski definition) is 0. The Hall–Kier alpha value is -2.62. The smallest absolute Gasteiger partial charge is 0.244 e. The van der Waals surface area contributed by atoms with Crippen LogP contribution in [0.2, 0.25) is 0 Å². The number of rotatable bonds is 2. The summed E-state index contributed by atoms with van der Waals surface area (Å²) in [6, 6.07) is 15.2. The number of aryl methyl sites for hydroxylation is 2. The van der Waals surface area contributed by atoms with Gasteiger partial charge in [-0.3, -0.25) is 19.4 Å². The lowest BCUT2D eigenvalue weighted by Gasteiger charge is -2.41. The van der Waals surface area contributed by atoms with Crippen molar-refractivity contribution < 1.29 is 9.59 Å². The first-order valence-electron chi connectivity index (χ1n) is 7.89. The zero-order valence-electron chi connectivity index (χ0n) is 14.3. The summed E-state index contributed by atoms with van der Waals surface area (Å²) in [6.07, 6.45) is 0. The molecule has 2 aromatic carbocycles. The Labute approximate surface area is 142 Å². The molecule has 1 aliphatic heterocycles. The third kappa shape index (κ3) is 2.68. The first-order valence-corrected chi connectivity index (χ1v) is 7.89. The van der Waals surface area contributed by atoms with Gasteiger partial charge in [0.05, 0.1) is 0 Å². The van der Waals surface area contributed by atoms with E-state index in [0.29, 0.717) is 11.4 Å². The maximum atomic E-state index is 12.8. The molecule has 0 aromatic heterocycles. The maximum absolute atomic E-state index is 12.8. The van der Waals surface area contributed by atoms with Gasteiger partial charge in [0.2, 0.25) is 18.5 Å². The minimum atomic E-state index is -1.15. The number of amides is 2. The highest BCUT2D eigenvalue weighted by Crippen LogP contribution is 2.35. The van der Waals surface area contributed by atoms with Crippen LogP contribution in [0.4, 0.5) is 11.4 Å². The summed E-state index contributed by atoms with van der Waals surface area (Å²) >= 11 is 0. The molecule has 0 N–H and O–H groups in total. The van der Waals surface area contributed by atoms with Gasteiger partial charge >= 0.3 is 0 Å². The fraction of sp³-hybridized carbons (Fsp3) is 0.250. The zero-order chi connectivity index (χ0) is 17.5. The highest BCUT2D eigenvalue weighted by atomic mass is 16.2. The van der Waals surface area contributed by atoms with Crippen LogP contribution in [-0.2, 0) is 9.59 Å². The van der Waals surface area contributed by atoms with Crippen molar-refractivity contribution in [2.45, 2.75) is 27.7 Å². The van der Waals surface area contributed by atoms with Crippen LogP contribution in [0.3, 0.4) is 0 Å². The van der Waals surface area contributed by atoms with Crippen molar-refractivity contribution in [3.05, 3.63) is 66.3 Å². The van der Waals surface area contributed by atoms with Crippen molar-refractivity contribution in [2.75, 3.05) is 9.80 Å². The average molecular weight is 320 g/mol. The minimum Gasteiger partial charge on any atom is -0.279 e. The van der Waals surface area contributed by atoms with Crippen LogP contribution in [0, 0.1) is 25.9 Å². The number of carbonyl (C=O) groups excluding carboxylic acids is 2. The summed E-state index contributed by atoms with van der Waals surface area (Å²) in [7, 11) is 0. The van der Waals surface area contributed by atoms with Crippen LogP contribution < -0.4 is 9.80 Å². The Morgan fingerprint density at radius 2 is 1.04 bits per heavy atom. The molecule has 3 rings (SSSR count). The largest absolute Gasteiger partial charge is 0.279 e. The number of anilines is 2. The lowest BCUT2D eigenvalue weighted by molar-refractivity contribution is -0.139. The standard InChI is InChI=1S/C20H20N2O2/c1-14-5-9-16(10-6-14)21-13-22(17-11-7-15(2)8-12-17)19(24)20(3,4)18(21)23/h5-12H,1-4H3. The van der Waals surface area contributed by atoms with E-state index in [-0.39, 0.29) is 11.8 Å². The Balaban J connectivity index is 2.02. The third-order valence-corrected chi connectivity index (χ3v) is 4.26. The predicted octanol–water partition coefficient (Wildman–Crippen LogP) is 3.71. The van der Waals surface area contributed by atoms with Gasteiger partial charge in [0, 0.05) is 11.4 Å². The van der Waals surface area contributed by atoms with Gasteiger partial charge in [-0.15, -0.1) is 0 Å². The van der Waals surface area contributed by atoms with Crippen LogP contribution in [0.5, 0.6) is 0 Å². The fourth-order valence-electron chi connectivity index (χ4n) is 2.58. The summed E-state index contributed by atoms with van der Waals surface area (Å²) in [5.41, 5.74) is 2.45. The molecular weight excluding hydrogens is 300 g/mol. The van der Waals surface area contributed by atoms with Crippen molar-refractivity contribution in [3.8, 4) is 0 Å². The first-order chi connectivity index (χ1) is 11.3. The van der Waals surface area contributed by atoms with Gasteiger partial charge in [0.1, 0.15) is 5.41 Å². The summed E-state index contributed by atoms with van der Waals surface area (Å²) in [6.45, 7) is 10.2. The molecule has 4 heteroatoms. The van der Waals surface area contributed by atoms with E-state index < -0.39 is 5.41 Å². The van der Waals surface area contributed by atoms with E-state index >= 15 is 0 Å². The van der Waals surface area contributed by atoms with Crippen LogP contribution >= 0.6 is 0 Å². The number of nitrogens with zero attached hydrogens (tertiary/aromatic N) is 2. The Bertz CT molecular complexity index is 711. The Morgan fingerprint density at radius 3 is 1.38 bits per heavy atom. The van der Waals surface area contributed by atoms with Gasteiger partial charge in [0.25, 0.3) is 0 Å². The summed E-state index contributed by atoms with van der Waals surface area (Å²) in [5, 5.41) is 0. The SMILES string of the molecule is Cc1ccc(N2[C]N(c3ccc(C)cc3)C(=O)C(C)(C)C2=O)cc1. The van der Waals surface area contributed by atoms with Crippen molar-refractivity contribution in [1.29, 1.82) is 0 Å². The van der Waals surface area contributed by atoms with Crippen molar-refractivity contribution in [3.63, 3.8) is 0 Å². The Kier molecular flexibility index (Phi) is 3.91. The molecule has 2 radical (unpaired) electrons. The zero-order valence-corrected chi connectivity index (χ0v) is 14.3. The van der Waals surface area contributed by atoms with Crippen LogP contribution in [-0.4, -0.2) is 11.8 Å². The molecule has 0 aliphatic carbocycles. The van der Waals surface area contributed by atoms with E-state index in [0.717, 1.165) is 11.1 Å². The molecule has 2 aromatic rings. The molecule has 0 atom stereocenters. The van der Waals surface area contributed by atoms with Crippen LogP contribution in [0.25, 0.3) is 0 Å². The van der Waals surface area contributed by atoms with Crippen molar-refractivity contribution >= 4 is 23.2 Å². The van der Waals surface area contributed by atoms with E-state index in [9.17, 15) is 9.59 Å². The van der Waals surface area contributed by atoms with Crippen LogP contribution in [0.1, 0.15) is 25.0 Å². The molecule has 1 heterocycles. The second kappa shape index (κ2) is 5.78. The molecule has 1 aliphatic rings.